The normalized spacial score (nSPS) is 23.7. The Morgan fingerprint density at radius 1 is 0.957 bits per heavy atom. The first-order chi connectivity index (χ1) is 22.9. The number of anilines is 3. The number of hydrogen-bond donors (Lipinski definition) is 1. The first kappa shape index (κ1) is 31.0. The monoisotopic (exact) mass is 645 g/mol. The highest BCUT2D eigenvalue weighted by Crippen LogP contribution is 2.29. The molecular formula is C33H37F2N9O3. The quantitative estimate of drug-likeness (QED) is 0.408. The molecule has 1 N–H and O–H groups in total. The van der Waals surface area contributed by atoms with Gasteiger partial charge in [-0.25, -0.2) is 23.5 Å². The molecule has 4 fully saturated rings. The Bertz CT molecular complexity index is 1610. The molecule has 0 spiro atoms. The van der Waals surface area contributed by atoms with Crippen molar-refractivity contribution in [1.29, 1.82) is 5.26 Å². The number of piperidine rings is 1. The summed E-state index contributed by atoms with van der Waals surface area (Å²) in [6, 6.07) is 15.4. The van der Waals surface area contributed by atoms with E-state index in [1.54, 1.807) is 18.2 Å². The van der Waals surface area contributed by atoms with Crippen LogP contribution in [0.15, 0.2) is 48.8 Å². The molecule has 3 unspecified atom stereocenters. The average Bonchev–Trinajstić information content (AvgIpc) is 3.51. The van der Waals surface area contributed by atoms with Crippen molar-refractivity contribution in [3.05, 3.63) is 54.4 Å². The predicted octanol–water partition coefficient (Wildman–Crippen LogP) is 3.63. The van der Waals surface area contributed by atoms with E-state index in [2.05, 4.69) is 48.3 Å². The lowest BCUT2D eigenvalue weighted by Gasteiger charge is -2.43. The summed E-state index contributed by atoms with van der Waals surface area (Å²) in [4.78, 5) is 33.5. The third kappa shape index (κ3) is 6.91. The van der Waals surface area contributed by atoms with E-state index >= 15 is 4.39 Å². The van der Waals surface area contributed by atoms with Gasteiger partial charge >= 0.3 is 6.03 Å². The van der Waals surface area contributed by atoms with Crippen molar-refractivity contribution >= 4 is 23.4 Å². The van der Waals surface area contributed by atoms with Gasteiger partial charge in [0.15, 0.2) is 12.0 Å². The van der Waals surface area contributed by atoms with E-state index in [4.69, 9.17) is 9.47 Å². The fourth-order valence-corrected chi connectivity index (χ4v) is 6.46. The molecule has 3 atom stereocenters. The van der Waals surface area contributed by atoms with Crippen molar-refractivity contribution in [2.45, 2.75) is 37.3 Å². The van der Waals surface area contributed by atoms with E-state index in [1.807, 2.05) is 12.1 Å². The summed E-state index contributed by atoms with van der Waals surface area (Å²) in [7, 11) is 0. The smallest absolute Gasteiger partial charge is 0.320 e. The number of nitrogens with one attached hydrogen (secondary N) is 1. The summed E-state index contributed by atoms with van der Waals surface area (Å²) in [6.07, 6.45) is -1.34. The number of nitriles is 1. The van der Waals surface area contributed by atoms with E-state index in [-0.39, 0.29) is 43.4 Å². The molecule has 2 aromatic carbocycles. The molecule has 0 radical (unpaired) electrons. The largest absolute Gasteiger partial charge is 0.486 e. The van der Waals surface area contributed by atoms with Gasteiger partial charge in [-0.05, 0) is 48.9 Å². The van der Waals surface area contributed by atoms with Crippen LogP contribution in [0.2, 0.25) is 0 Å². The minimum atomic E-state index is -1.45. The molecule has 4 saturated heterocycles. The van der Waals surface area contributed by atoms with Crippen LogP contribution in [0.1, 0.15) is 18.4 Å². The lowest BCUT2D eigenvalue weighted by Crippen LogP contribution is -2.56. The second-order valence-electron chi connectivity index (χ2n) is 12.4. The Morgan fingerprint density at radius 2 is 1.72 bits per heavy atom. The molecule has 2 amide bonds. The van der Waals surface area contributed by atoms with Gasteiger partial charge < -0.3 is 29.5 Å². The van der Waals surface area contributed by atoms with E-state index in [9.17, 15) is 14.4 Å². The number of hydrogen-bond acceptors (Lipinski definition) is 10. The number of carbonyl (C=O) groups excluding carboxylic acids is 1. The standard InChI is InChI=1S/C33H37F2N9O3/c34-24-7-9-43(17-24)33(45)44-10-8-30(28(35)18-44)47-29-6-1-22(15-23(29)16-36)31-37-21-38-32(40-31)39-25-2-4-26(5-3-25)41-11-13-42(14-12-41)27-19-46-20-27/h1-6,15,21,24,27-28,30H,7-14,17-20H2,(H,37,38,39,40). The SMILES string of the molecule is N#Cc1cc(-c2ncnc(Nc3ccc(N4CCN(C5COC5)CC4)cc3)n2)ccc1OC1CCN(C(=O)N2CCC(F)C2)CC1F. The zero-order valence-corrected chi connectivity index (χ0v) is 26.0. The molecule has 0 saturated carbocycles. The number of rotatable bonds is 7. The summed E-state index contributed by atoms with van der Waals surface area (Å²) in [5.74, 6) is 0.967. The molecule has 14 heteroatoms. The number of halogens is 2. The molecule has 4 aliphatic rings. The number of carbonyl (C=O) groups is 1. The molecule has 1 aromatic heterocycles. The van der Waals surface area contributed by atoms with Crippen LogP contribution in [0.3, 0.4) is 0 Å². The number of likely N-dealkylation sites (tertiary alicyclic amines) is 2. The summed E-state index contributed by atoms with van der Waals surface area (Å²) in [5.41, 5.74) is 2.79. The fraction of sp³-hybridized carbons (Fsp3) is 0.485. The first-order valence-electron chi connectivity index (χ1n) is 16.1. The topological polar surface area (TPSA) is 123 Å². The number of alkyl halides is 2. The Hall–Kier alpha value is -4.61. The number of ether oxygens (including phenoxy) is 2. The highest BCUT2D eigenvalue weighted by atomic mass is 19.1. The van der Waals surface area contributed by atoms with Gasteiger partial charge in [0.1, 0.15) is 30.4 Å². The van der Waals surface area contributed by atoms with Gasteiger partial charge in [-0.2, -0.15) is 10.2 Å². The van der Waals surface area contributed by atoms with Crippen molar-refractivity contribution in [2.75, 3.05) is 75.8 Å². The number of amides is 2. The molecule has 0 bridgehead atoms. The Balaban J connectivity index is 0.955. The molecule has 3 aromatic rings. The fourth-order valence-electron chi connectivity index (χ4n) is 6.46. The zero-order valence-electron chi connectivity index (χ0n) is 26.0. The highest BCUT2D eigenvalue weighted by molar-refractivity contribution is 5.75. The number of aromatic nitrogens is 3. The van der Waals surface area contributed by atoms with Crippen LogP contribution in [-0.4, -0.2) is 126 Å². The lowest BCUT2D eigenvalue weighted by atomic mass is 10.1. The molecule has 47 heavy (non-hydrogen) atoms. The van der Waals surface area contributed by atoms with Gasteiger partial charge in [0.25, 0.3) is 0 Å². The van der Waals surface area contributed by atoms with Gasteiger partial charge in [-0.3, -0.25) is 4.90 Å². The highest BCUT2D eigenvalue weighted by Gasteiger charge is 2.37. The maximum absolute atomic E-state index is 15.1. The second-order valence-corrected chi connectivity index (χ2v) is 12.4. The third-order valence-electron chi connectivity index (χ3n) is 9.30. The van der Waals surface area contributed by atoms with Gasteiger partial charge in [0, 0.05) is 62.6 Å². The summed E-state index contributed by atoms with van der Waals surface area (Å²) >= 11 is 0. The van der Waals surface area contributed by atoms with Crippen LogP contribution in [0.5, 0.6) is 5.75 Å². The maximum Gasteiger partial charge on any atom is 0.320 e. The number of nitrogens with zero attached hydrogens (tertiary/aromatic N) is 8. The minimum absolute atomic E-state index is 0.0470. The van der Waals surface area contributed by atoms with Crippen molar-refractivity contribution in [1.82, 2.24) is 29.7 Å². The first-order valence-corrected chi connectivity index (χ1v) is 16.1. The van der Waals surface area contributed by atoms with Crippen molar-refractivity contribution in [3.63, 3.8) is 0 Å². The van der Waals surface area contributed by atoms with E-state index < -0.39 is 18.4 Å². The Morgan fingerprint density at radius 3 is 2.40 bits per heavy atom. The van der Waals surface area contributed by atoms with Crippen molar-refractivity contribution < 1.29 is 23.0 Å². The molecule has 5 heterocycles. The number of piperazine rings is 1. The molecule has 0 aliphatic carbocycles. The van der Waals surface area contributed by atoms with Crippen molar-refractivity contribution in [3.8, 4) is 23.2 Å². The third-order valence-corrected chi connectivity index (χ3v) is 9.30. The van der Waals surface area contributed by atoms with Crippen LogP contribution < -0.4 is 15.0 Å². The van der Waals surface area contributed by atoms with Crippen LogP contribution in [-0.2, 0) is 4.74 Å². The number of benzene rings is 2. The average molecular weight is 646 g/mol. The predicted molar refractivity (Wildman–Crippen MR) is 170 cm³/mol. The zero-order chi connectivity index (χ0) is 32.3. The molecule has 246 valence electrons. The van der Waals surface area contributed by atoms with Gasteiger partial charge in [0.05, 0.1) is 37.9 Å². The van der Waals surface area contributed by atoms with E-state index in [0.717, 1.165) is 45.1 Å². The molecule has 4 aliphatic heterocycles. The van der Waals surface area contributed by atoms with Crippen LogP contribution in [0.25, 0.3) is 11.4 Å². The summed E-state index contributed by atoms with van der Waals surface area (Å²) < 4.78 is 40.0. The number of urea groups is 1. The van der Waals surface area contributed by atoms with E-state index in [1.165, 1.54) is 21.8 Å². The van der Waals surface area contributed by atoms with Gasteiger partial charge in [0.2, 0.25) is 5.95 Å². The van der Waals surface area contributed by atoms with E-state index in [0.29, 0.717) is 36.3 Å². The molecular weight excluding hydrogens is 608 g/mol. The molecule has 7 rings (SSSR count). The Kier molecular flexibility index (Phi) is 8.99. The summed E-state index contributed by atoms with van der Waals surface area (Å²) in [5, 5.41) is 13.1. The van der Waals surface area contributed by atoms with Crippen LogP contribution in [0, 0.1) is 11.3 Å². The van der Waals surface area contributed by atoms with Gasteiger partial charge in [-0.1, -0.05) is 0 Å². The Labute approximate surface area is 271 Å². The van der Waals surface area contributed by atoms with Crippen molar-refractivity contribution in [2.24, 2.45) is 0 Å². The van der Waals surface area contributed by atoms with Crippen LogP contribution >= 0.6 is 0 Å². The maximum atomic E-state index is 15.1. The summed E-state index contributed by atoms with van der Waals surface area (Å²) in [6.45, 7) is 6.23. The lowest BCUT2D eigenvalue weighted by molar-refractivity contribution is -0.0660. The molecule has 12 nitrogen and oxygen atoms in total. The minimum Gasteiger partial charge on any atom is -0.486 e. The second kappa shape index (κ2) is 13.6. The van der Waals surface area contributed by atoms with Gasteiger partial charge in [-0.15, -0.1) is 0 Å². The van der Waals surface area contributed by atoms with Crippen LogP contribution in [0.4, 0.5) is 30.9 Å².